The molecule has 0 saturated carbocycles. The molecule has 1 aromatic heterocycles. The second-order valence-electron chi connectivity index (χ2n) is 8.53. The number of hydrogen-bond acceptors (Lipinski definition) is 2. The van der Waals surface area contributed by atoms with Crippen LogP contribution in [0.1, 0.15) is 0 Å². The number of pyridine rings is 1. The highest BCUT2D eigenvalue weighted by Gasteiger charge is 2.24. The molecule has 0 saturated heterocycles. The van der Waals surface area contributed by atoms with Gasteiger partial charge in [-0.15, -0.1) is 4.73 Å². The van der Waals surface area contributed by atoms with E-state index in [1.807, 2.05) is 72.8 Å². The van der Waals surface area contributed by atoms with Crippen molar-refractivity contribution in [1.29, 1.82) is 0 Å². The second-order valence-corrected chi connectivity index (χ2v) is 8.53. The van der Waals surface area contributed by atoms with Gasteiger partial charge in [-0.2, -0.15) is 0 Å². The number of benzene rings is 3. The SMILES string of the molecule is COn1c(-c2ccccc2)c(-c2ccccc2)c2c3ccc(-c4ccccc4)ccc-3cc2c1=O. The van der Waals surface area contributed by atoms with E-state index in [1.165, 1.54) is 4.73 Å². The fraction of sp³-hybridized carbons (Fsp3) is 0.0312. The molecule has 168 valence electrons. The molecule has 0 amide bonds. The van der Waals surface area contributed by atoms with Crippen molar-refractivity contribution in [3.8, 4) is 44.6 Å². The highest BCUT2D eigenvalue weighted by atomic mass is 16.6. The fourth-order valence-corrected chi connectivity index (χ4v) is 4.93. The summed E-state index contributed by atoms with van der Waals surface area (Å²) in [5.41, 5.74) is 7.87. The number of aromatic nitrogens is 1. The Labute approximate surface area is 203 Å². The Morgan fingerprint density at radius 3 is 1.71 bits per heavy atom. The Hall–Kier alpha value is -4.63. The standard InChI is InChI=1S/C32H23NO2/c1-35-33-31(25-15-9-4-10-16-25)29(24-13-7-3-8-14-24)30-27-20-19-23(22-11-5-2-6-12-22)17-18-26(27)21-28(30)32(33)34/h2-21H,1H3. The molecule has 3 heteroatoms. The third kappa shape index (κ3) is 3.49. The minimum Gasteiger partial charge on any atom is -0.413 e. The van der Waals surface area contributed by atoms with Crippen LogP contribution in [-0.2, 0) is 0 Å². The van der Waals surface area contributed by atoms with Crippen LogP contribution in [0.25, 0.3) is 55.4 Å². The van der Waals surface area contributed by atoms with Gasteiger partial charge in [-0.05, 0) is 33.9 Å². The van der Waals surface area contributed by atoms with E-state index in [0.29, 0.717) is 5.39 Å². The lowest BCUT2D eigenvalue weighted by molar-refractivity contribution is 0.163. The van der Waals surface area contributed by atoms with Crippen LogP contribution in [0.5, 0.6) is 0 Å². The van der Waals surface area contributed by atoms with Gasteiger partial charge in [-0.25, -0.2) is 0 Å². The summed E-state index contributed by atoms with van der Waals surface area (Å²) in [6.45, 7) is 0. The molecule has 0 spiro atoms. The summed E-state index contributed by atoms with van der Waals surface area (Å²) in [6.07, 6.45) is 0. The Morgan fingerprint density at radius 1 is 0.571 bits per heavy atom. The first-order chi connectivity index (χ1) is 17.3. The average molecular weight is 454 g/mol. The van der Waals surface area contributed by atoms with E-state index in [1.54, 1.807) is 7.11 Å². The van der Waals surface area contributed by atoms with Crippen molar-refractivity contribution in [2.75, 3.05) is 7.11 Å². The molecule has 3 nitrogen and oxygen atoms in total. The highest BCUT2D eigenvalue weighted by molar-refractivity contribution is 6.13. The predicted molar refractivity (Wildman–Crippen MR) is 144 cm³/mol. The maximum atomic E-state index is 13.7. The van der Waals surface area contributed by atoms with Crippen molar-refractivity contribution in [2.45, 2.75) is 0 Å². The molecule has 0 fully saturated rings. The first kappa shape index (κ1) is 20.9. The molecule has 35 heavy (non-hydrogen) atoms. The normalized spacial score (nSPS) is 11.1. The van der Waals surface area contributed by atoms with Crippen LogP contribution in [0.3, 0.4) is 0 Å². The lowest BCUT2D eigenvalue weighted by Crippen LogP contribution is -2.27. The van der Waals surface area contributed by atoms with Crippen LogP contribution < -0.4 is 10.4 Å². The molecule has 2 aliphatic rings. The number of rotatable bonds is 4. The van der Waals surface area contributed by atoms with Gasteiger partial charge in [0.15, 0.2) is 0 Å². The number of nitrogens with zero attached hydrogens (tertiary/aromatic N) is 1. The van der Waals surface area contributed by atoms with E-state index < -0.39 is 0 Å². The molecule has 1 heterocycles. The second kappa shape index (κ2) is 8.62. The molecule has 0 N–H and O–H groups in total. The van der Waals surface area contributed by atoms with Crippen molar-refractivity contribution in [1.82, 2.24) is 4.73 Å². The zero-order valence-electron chi connectivity index (χ0n) is 19.3. The van der Waals surface area contributed by atoms with Crippen LogP contribution in [0.15, 0.2) is 126 Å². The lowest BCUT2D eigenvalue weighted by Gasteiger charge is -2.18. The van der Waals surface area contributed by atoms with Gasteiger partial charge in [-0.1, -0.05) is 115 Å². The Morgan fingerprint density at radius 2 is 1.09 bits per heavy atom. The van der Waals surface area contributed by atoms with E-state index in [2.05, 4.69) is 48.5 Å². The Balaban J connectivity index is 1.76. The van der Waals surface area contributed by atoms with Crippen molar-refractivity contribution >= 4 is 10.8 Å². The topological polar surface area (TPSA) is 31.2 Å². The molecule has 0 atom stereocenters. The van der Waals surface area contributed by atoms with Crippen LogP contribution in [0.4, 0.5) is 0 Å². The molecular weight excluding hydrogens is 430 g/mol. The van der Waals surface area contributed by atoms with E-state index in [0.717, 1.165) is 50.0 Å². The molecule has 0 unspecified atom stereocenters. The molecule has 0 radical (unpaired) electrons. The number of hydrogen-bond donors (Lipinski definition) is 0. The van der Waals surface area contributed by atoms with Crippen LogP contribution in [0.2, 0.25) is 0 Å². The van der Waals surface area contributed by atoms with Crippen LogP contribution in [-0.4, -0.2) is 11.8 Å². The fourth-order valence-electron chi connectivity index (χ4n) is 4.93. The quantitative estimate of drug-likeness (QED) is 0.283. The lowest BCUT2D eigenvalue weighted by atomic mass is 9.94. The van der Waals surface area contributed by atoms with Crippen LogP contribution >= 0.6 is 0 Å². The highest BCUT2D eigenvalue weighted by Crippen LogP contribution is 2.43. The summed E-state index contributed by atoms with van der Waals surface area (Å²) in [5, 5.41) is 1.59. The van der Waals surface area contributed by atoms with Gasteiger partial charge < -0.3 is 4.84 Å². The third-order valence-electron chi connectivity index (χ3n) is 6.53. The van der Waals surface area contributed by atoms with Crippen molar-refractivity contribution in [3.05, 3.63) is 132 Å². The molecule has 0 aliphatic heterocycles. The summed E-state index contributed by atoms with van der Waals surface area (Å²) >= 11 is 0. The maximum Gasteiger partial charge on any atom is 0.291 e. The first-order valence-corrected chi connectivity index (χ1v) is 11.6. The molecule has 6 rings (SSSR count). The van der Waals surface area contributed by atoms with Crippen LogP contribution in [0, 0.1) is 0 Å². The molecular formula is C32H23NO2. The zero-order valence-corrected chi connectivity index (χ0v) is 19.3. The average Bonchev–Trinajstić information content (AvgIpc) is 3.15. The van der Waals surface area contributed by atoms with Gasteiger partial charge in [0.05, 0.1) is 11.1 Å². The third-order valence-corrected chi connectivity index (χ3v) is 6.53. The largest absolute Gasteiger partial charge is 0.413 e. The summed E-state index contributed by atoms with van der Waals surface area (Å²) in [6, 6.07) is 41.0. The Kier molecular flexibility index (Phi) is 5.16. The molecule has 0 bridgehead atoms. The van der Waals surface area contributed by atoms with Crippen molar-refractivity contribution < 1.29 is 4.84 Å². The van der Waals surface area contributed by atoms with Crippen molar-refractivity contribution in [2.24, 2.45) is 0 Å². The van der Waals surface area contributed by atoms with Gasteiger partial charge in [0.1, 0.15) is 7.11 Å². The smallest absolute Gasteiger partial charge is 0.291 e. The van der Waals surface area contributed by atoms with Gasteiger partial charge in [0.25, 0.3) is 5.56 Å². The van der Waals surface area contributed by atoms with E-state index >= 15 is 0 Å². The molecule has 4 aromatic rings. The van der Waals surface area contributed by atoms with E-state index in [-0.39, 0.29) is 5.56 Å². The molecule has 3 aromatic carbocycles. The minimum absolute atomic E-state index is 0.164. The van der Waals surface area contributed by atoms with Gasteiger partial charge in [0, 0.05) is 16.5 Å². The predicted octanol–water partition coefficient (Wildman–Crippen LogP) is 7.17. The van der Waals surface area contributed by atoms with Gasteiger partial charge in [-0.3, -0.25) is 4.79 Å². The first-order valence-electron chi connectivity index (χ1n) is 11.6. The monoisotopic (exact) mass is 453 g/mol. The summed E-state index contributed by atoms with van der Waals surface area (Å²) in [5.74, 6) is 0. The van der Waals surface area contributed by atoms with Gasteiger partial charge >= 0.3 is 0 Å². The number of fused-ring (bicyclic) bond motifs is 3. The molecule has 2 aliphatic carbocycles. The van der Waals surface area contributed by atoms with Gasteiger partial charge in [0.2, 0.25) is 0 Å². The zero-order chi connectivity index (χ0) is 23.8. The summed E-state index contributed by atoms with van der Waals surface area (Å²) in [7, 11) is 1.54. The van der Waals surface area contributed by atoms with Crippen molar-refractivity contribution in [3.63, 3.8) is 0 Å². The minimum atomic E-state index is -0.164. The Bertz CT molecular complexity index is 1670. The maximum absolute atomic E-state index is 13.7. The summed E-state index contributed by atoms with van der Waals surface area (Å²) in [4.78, 5) is 19.4. The van der Waals surface area contributed by atoms with E-state index in [4.69, 9.17) is 4.84 Å². The van der Waals surface area contributed by atoms with E-state index in [9.17, 15) is 4.79 Å². The summed E-state index contributed by atoms with van der Waals surface area (Å²) < 4.78 is 1.42.